The Hall–Kier alpha value is -1.40. The highest BCUT2D eigenvalue weighted by molar-refractivity contribution is 7.14. The molecule has 1 aliphatic rings. The van der Waals surface area contributed by atoms with Crippen molar-refractivity contribution in [3.63, 3.8) is 0 Å². The first-order valence-electron chi connectivity index (χ1n) is 6.96. The van der Waals surface area contributed by atoms with Crippen LogP contribution in [0.1, 0.15) is 36.5 Å². The molecule has 2 N–H and O–H groups in total. The SMILES string of the molecule is CCOC(=O)c1ccsc1NC(=O)CC1CCCNC1. The summed E-state index contributed by atoms with van der Waals surface area (Å²) < 4.78 is 4.96. The average Bonchev–Trinajstić information content (AvgIpc) is 2.88. The van der Waals surface area contributed by atoms with Crippen molar-refractivity contribution < 1.29 is 14.3 Å². The standard InChI is InChI=1S/C14H20N2O3S/c1-2-19-14(18)11-5-7-20-13(11)16-12(17)8-10-4-3-6-15-9-10/h5,7,10,15H,2-4,6,8-9H2,1H3,(H,16,17). The Balaban J connectivity index is 1.90. The number of carbonyl (C=O) groups excluding carboxylic acids is 2. The number of hydrogen-bond acceptors (Lipinski definition) is 5. The number of amides is 1. The summed E-state index contributed by atoms with van der Waals surface area (Å²) >= 11 is 1.35. The Kier molecular flexibility index (Phi) is 5.55. The van der Waals surface area contributed by atoms with Gasteiger partial charge in [-0.3, -0.25) is 4.79 Å². The number of esters is 1. The molecule has 1 saturated heterocycles. The predicted octanol–water partition coefficient (Wildman–Crippen LogP) is 2.25. The second-order valence-corrected chi connectivity index (χ2v) is 5.76. The molecule has 5 nitrogen and oxygen atoms in total. The molecule has 0 radical (unpaired) electrons. The zero-order valence-corrected chi connectivity index (χ0v) is 12.4. The minimum atomic E-state index is -0.386. The number of ether oxygens (including phenoxy) is 1. The van der Waals surface area contributed by atoms with E-state index in [4.69, 9.17) is 4.74 Å². The van der Waals surface area contributed by atoms with E-state index in [1.165, 1.54) is 11.3 Å². The van der Waals surface area contributed by atoms with E-state index in [0.717, 1.165) is 25.9 Å². The van der Waals surface area contributed by atoms with Crippen molar-refractivity contribution in [2.45, 2.75) is 26.2 Å². The van der Waals surface area contributed by atoms with Gasteiger partial charge in [0.05, 0.1) is 12.2 Å². The van der Waals surface area contributed by atoms with Gasteiger partial charge in [0, 0.05) is 6.42 Å². The molecule has 1 aromatic heterocycles. The lowest BCUT2D eigenvalue weighted by atomic mass is 9.96. The highest BCUT2D eigenvalue weighted by atomic mass is 32.1. The molecule has 2 rings (SSSR count). The maximum atomic E-state index is 12.0. The van der Waals surface area contributed by atoms with Crippen molar-refractivity contribution in [1.82, 2.24) is 5.32 Å². The van der Waals surface area contributed by atoms with Crippen LogP contribution in [0.25, 0.3) is 0 Å². The van der Waals surface area contributed by atoms with Crippen molar-refractivity contribution in [3.8, 4) is 0 Å². The fraction of sp³-hybridized carbons (Fsp3) is 0.571. The lowest BCUT2D eigenvalue weighted by Gasteiger charge is -2.21. The number of rotatable bonds is 5. The van der Waals surface area contributed by atoms with Crippen LogP contribution in [0.2, 0.25) is 0 Å². The summed E-state index contributed by atoms with van der Waals surface area (Å²) in [6.07, 6.45) is 2.69. The summed E-state index contributed by atoms with van der Waals surface area (Å²) in [6, 6.07) is 1.68. The minimum absolute atomic E-state index is 0.0355. The van der Waals surface area contributed by atoms with Gasteiger partial charge >= 0.3 is 5.97 Å². The van der Waals surface area contributed by atoms with E-state index in [9.17, 15) is 9.59 Å². The van der Waals surface area contributed by atoms with Gasteiger partial charge in [-0.2, -0.15) is 0 Å². The van der Waals surface area contributed by atoms with E-state index in [1.807, 2.05) is 0 Å². The van der Waals surface area contributed by atoms with Gasteiger partial charge in [-0.1, -0.05) is 0 Å². The van der Waals surface area contributed by atoms with Crippen LogP contribution in [0.5, 0.6) is 0 Å². The minimum Gasteiger partial charge on any atom is -0.462 e. The van der Waals surface area contributed by atoms with E-state index in [1.54, 1.807) is 18.4 Å². The molecule has 1 aromatic rings. The number of nitrogens with one attached hydrogen (secondary N) is 2. The second kappa shape index (κ2) is 7.40. The molecule has 0 bridgehead atoms. The van der Waals surface area contributed by atoms with Crippen LogP contribution in [-0.4, -0.2) is 31.6 Å². The van der Waals surface area contributed by atoms with E-state index < -0.39 is 0 Å². The molecular formula is C14H20N2O3S. The molecule has 0 spiro atoms. The van der Waals surface area contributed by atoms with Crippen molar-refractivity contribution in [2.24, 2.45) is 5.92 Å². The van der Waals surface area contributed by atoms with Gasteiger partial charge in [0.1, 0.15) is 5.00 Å². The first-order chi connectivity index (χ1) is 9.70. The highest BCUT2D eigenvalue weighted by Gasteiger charge is 2.19. The van der Waals surface area contributed by atoms with Gasteiger partial charge in [0.25, 0.3) is 0 Å². The highest BCUT2D eigenvalue weighted by Crippen LogP contribution is 2.25. The average molecular weight is 296 g/mol. The van der Waals surface area contributed by atoms with Gasteiger partial charge in [0.2, 0.25) is 5.91 Å². The van der Waals surface area contributed by atoms with Crippen LogP contribution in [0.4, 0.5) is 5.00 Å². The number of piperidine rings is 1. The molecule has 110 valence electrons. The van der Waals surface area contributed by atoms with E-state index in [0.29, 0.717) is 29.5 Å². The number of anilines is 1. The molecule has 0 saturated carbocycles. The molecule has 1 amide bonds. The molecule has 0 aromatic carbocycles. The van der Waals surface area contributed by atoms with Crippen LogP contribution in [0.3, 0.4) is 0 Å². The predicted molar refractivity (Wildman–Crippen MR) is 79.1 cm³/mol. The second-order valence-electron chi connectivity index (χ2n) is 4.85. The van der Waals surface area contributed by atoms with E-state index >= 15 is 0 Å². The smallest absolute Gasteiger partial charge is 0.341 e. The zero-order chi connectivity index (χ0) is 14.4. The largest absolute Gasteiger partial charge is 0.462 e. The molecule has 20 heavy (non-hydrogen) atoms. The quantitative estimate of drug-likeness (QED) is 0.818. The molecule has 2 heterocycles. The van der Waals surface area contributed by atoms with Crippen molar-refractivity contribution >= 4 is 28.2 Å². The van der Waals surface area contributed by atoms with Crippen LogP contribution in [-0.2, 0) is 9.53 Å². The van der Waals surface area contributed by atoms with Gasteiger partial charge in [-0.25, -0.2) is 4.79 Å². The first kappa shape index (κ1) is 15.0. The van der Waals surface area contributed by atoms with Gasteiger partial charge in [0.15, 0.2) is 0 Å². The molecule has 1 unspecified atom stereocenters. The van der Waals surface area contributed by atoms with Gasteiger partial charge in [-0.05, 0) is 50.2 Å². The summed E-state index contributed by atoms with van der Waals surface area (Å²) in [4.78, 5) is 23.7. The van der Waals surface area contributed by atoms with Gasteiger partial charge < -0.3 is 15.4 Å². The van der Waals surface area contributed by atoms with E-state index in [-0.39, 0.29) is 11.9 Å². The monoisotopic (exact) mass is 296 g/mol. The Morgan fingerprint density at radius 2 is 2.40 bits per heavy atom. The third-order valence-electron chi connectivity index (χ3n) is 3.29. The van der Waals surface area contributed by atoms with Crippen molar-refractivity contribution in [2.75, 3.05) is 25.0 Å². The summed E-state index contributed by atoms with van der Waals surface area (Å²) in [7, 11) is 0. The zero-order valence-electron chi connectivity index (χ0n) is 11.6. The molecule has 1 atom stereocenters. The van der Waals surface area contributed by atoms with E-state index in [2.05, 4.69) is 10.6 Å². The van der Waals surface area contributed by atoms with Crippen LogP contribution < -0.4 is 10.6 Å². The third kappa shape index (κ3) is 4.05. The normalized spacial score (nSPS) is 18.6. The molecule has 0 aliphatic carbocycles. The molecule has 1 aliphatic heterocycles. The van der Waals surface area contributed by atoms with Gasteiger partial charge in [-0.15, -0.1) is 11.3 Å². The maximum absolute atomic E-state index is 12.0. The molecule has 1 fully saturated rings. The van der Waals surface area contributed by atoms with Crippen LogP contribution in [0.15, 0.2) is 11.4 Å². The maximum Gasteiger partial charge on any atom is 0.341 e. The summed E-state index contributed by atoms with van der Waals surface area (Å²) in [6.45, 7) is 4.02. The van der Waals surface area contributed by atoms with Crippen LogP contribution in [0, 0.1) is 5.92 Å². The summed E-state index contributed by atoms with van der Waals surface area (Å²) in [5.41, 5.74) is 0.437. The fourth-order valence-electron chi connectivity index (χ4n) is 2.31. The molecular weight excluding hydrogens is 276 g/mol. The lowest BCUT2D eigenvalue weighted by molar-refractivity contribution is -0.117. The third-order valence-corrected chi connectivity index (χ3v) is 4.12. The van der Waals surface area contributed by atoms with Crippen molar-refractivity contribution in [3.05, 3.63) is 17.0 Å². The Morgan fingerprint density at radius 3 is 3.10 bits per heavy atom. The Bertz CT molecular complexity index is 467. The lowest BCUT2D eigenvalue weighted by Crippen LogP contribution is -2.32. The van der Waals surface area contributed by atoms with Crippen molar-refractivity contribution in [1.29, 1.82) is 0 Å². The Labute approximate surface area is 122 Å². The Morgan fingerprint density at radius 1 is 1.55 bits per heavy atom. The topological polar surface area (TPSA) is 67.4 Å². The number of carbonyl (C=O) groups is 2. The molecule has 6 heteroatoms. The fourth-order valence-corrected chi connectivity index (χ4v) is 3.11. The summed E-state index contributed by atoms with van der Waals surface area (Å²) in [5.74, 6) is -0.0372. The van der Waals surface area contributed by atoms with Crippen LogP contribution >= 0.6 is 11.3 Å². The number of hydrogen-bond donors (Lipinski definition) is 2. The number of thiophene rings is 1. The first-order valence-corrected chi connectivity index (χ1v) is 7.84. The summed E-state index contributed by atoms with van der Waals surface area (Å²) in [5, 5.41) is 8.48.